The van der Waals surface area contributed by atoms with Crippen molar-refractivity contribution in [2.75, 3.05) is 20.8 Å². The van der Waals surface area contributed by atoms with Crippen LogP contribution in [0.15, 0.2) is 33.7 Å². The highest BCUT2D eigenvalue weighted by molar-refractivity contribution is 7.89. The molecule has 0 aliphatic carbocycles. The van der Waals surface area contributed by atoms with Gasteiger partial charge in [-0.1, -0.05) is 19.0 Å². The molecule has 26 heavy (non-hydrogen) atoms. The fraction of sp³-hybridized carbons (Fsp3) is 0.500. The lowest BCUT2D eigenvalue weighted by molar-refractivity contribution is 0.295. The van der Waals surface area contributed by atoms with Crippen LogP contribution in [0.5, 0.6) is 11.5 Å². The Morgan fingerprint density at radius 2 is 1.92 bits per heavy atom. The van der Waals surface area contributed by atoms with Gasteiger partial charge in [0.15, 0.2) is 17.3 Å². The number of hydrogen-bond acceptors (Lipinski definition) is 6. The molecular weight excluding hydrogens is 356 g/mol. The van der Waals surface area contributed by atoms with Crippen LogP contribution in [0.3, 0.4) is 0 Å². The van der Waals surface area contributed by atoms with Crippen molar-refractivity contribution in [1.29, 1.82) is 0 Å². The number of ether oxygens (including phenoxy) is 2. The maximum absolute atomic E-state index is 13.2. The molecule has 1 aliphatic rings. The van der Waals surface area contributed by atoms with Gasteiger partial charge in [-0.2, -0.15) is 4.31 Å². The van der Waals surface area contributed by atoms with Gasteiger partial charge < -0.3 is 14.0 Å². The number of rotatable bonds is 6. The smallest absolute Gasteiger partial charge is 0.243 e. The Bertz CT molecular complexity index is 875. The molecule has 1 aromatic carbocycles. The Morgan fingerprint density at radius 3 is 2.54 bits per heavy atom. The summed E-state index contributed by atoms with van der Waals surface area (Å²) >= 11 is 0. The quantitative estimate of drug-likeness (QED) is 0.764. The molecule has 0 unspecified atom stereocenters. The van der Waals surface area contributed by atoms with Gasteiger partial charge in [0.05, 0.1) is 30.9 Å². The summed E-state index contributed by atoms with van der Waals surface area (Å²) < 4.78 is 43.8. The van der Waals surface area contributed by atoms with Crippen molar-refractivity contribution in [2.45, 2.75) is 43.5 Å². The number of hydrogen-bond donors (Lipinski definition) is 0. The van der Waals surface area contributed by atoms with Crippen LogP contribution in [0.2, 0.25) is 0 Å². The molecule has 8 heteroatoms. The monoisotopic (exact) mass is 380 g/mol. The van der Waals surface area contributed by atoms with E-state index in [2.05, 4.69) is 5.16 Å². The van der Waals surface area contributed by atoms with Crippen molar-refractivity contribution >= 4 is 10.0 Å². The zero-order valence-electron chi connectivity index (χ0n) is 15.4. The second kappa shape index (κ2) is 7.28. The first-order valence-corrected chi connectivity index (χ1v) is 10.0. The van der Waals surface area contributed by atoms with Crippen LogP contribution in [0, 0.1) is 0 Å². The fourth-order valence-electron chi connectivity index (χ4n) is 3.16. The Labute approximate surface area is 153 Å². The van der Waals surface area contributed by atoms with E-state index in [-0.39, 0.29) is 16.9 Å². The normalized spacial score (nSPS) is 18.4. The molecule has 7 nitrogen and oxygen atoms in total. The molecule has 1 atom stereocenters. The number of aromatic nitrogens is 1. The average Bonchev–Trinajstić information content (AvgIpc) is 3.30. The first-order valence-electron chi connectivity index (χ1n) is 8.59. The van der Waals surface area contributed by atoms with E-state index in [0.29, 0.717) is 30.2 Å². The molecule has 0 saturated carbocycles. The van der Waals surface area contributed by atoms with Gasteiger partial charge in [0, 0.05) is 18.7 Å². The van der Waals surface area contributed by atoms with Gasteiger partial charge >= 0.3 is 0 Å². The van der Waals surface area contributed by atoms with Gasteiger partial charge in [0.25, 0.3) is 0 Å². The summed E-state index contributed by atoms with van der Waals surface area (Å²) in [4.78, 5) is 0.172. The molecule has 1 saturated heterocycles. The molecule has 0 bridgehead atoms. The van der Waals surface area contributed by atoms with Crippen molar-refractivity contribution in [2.24, 2.45) is 0 Å². The highest BCUT2D eigenvalue weighted by Crippen LogP contribution is 2.39. The second-order valence-corrected chi connectivity index (χ2v) is 8.49. The molecule has 0 N–H and O–H groups in total. The van der Waals surface area contributed by atoms with Crippen molar-refractivity contribution < 1.29 is 22.4 Å². The van der Waals surface area contributed by atoms with E-state index in [1.165, 1.54) is 30.7 Å². The van der Waals surface area contributed by atoms with E-state index in [4.69, 9.17) is 14.0 Å². The second-order valence-electron chi connectivity index (χ2n) is 6.60. The molecule has 1 aliphatic heterocycles. The van der Waals surface area contributed by atoms with Crippen LogP contribution in [0.25, 0.3) is 0 Å². The van der Waals surface area contributed by atoms with Crippen molar-refractivity contribution in [3.8, 4) is 11.5 Å². The van der Waals surface area contributed by atoms with Crippen LogP contribution < -0.4 is 9.47 Å². The first-order chi connectivity index (χ1) is 12.4. The molecule has 1 fully saturated rings. The van der Waals surface area contributed by atoms with Crippen LogP contribution in [-0.2, 0) is 10.0 Å². The zero-order valence-corrected chi connectivity index (χ0v) is 16.2. The Hall–Kier alpha value is -2.06. The van der Waals surface area contributed by atoms with Gasteiger partial charge in [-0.25, -0.2) is 8.42 Å². The van der Waals surface area contributed by atoms with Crippen LogP contribution >= 0.6 is 0 Å². The Balaban J connectivity index is 1.95. The minimum absolute atomic E-state index is 0.172. The summed E-state index contributed by atoms with van der Waals surface area (Å²) in [7, 11) is -0.701. The zero-order chi connectivity index (χ0) is 18.9. The highest BCUT2D eigenvalue weighted by Gasteiger charge is 2.38. The topological polar surface area (TPSA) is 81.9 Å². The maximum Gasteiger partial charge on any atom is 0.243 e. The summed E-state index contributed by atoms with van der Waals surface area (Å²) in [6.07, 6.45) is 1.48. The van der Waals surface area contributed by atoms with E-state index >= 15 is 0 Å². The maximum atomic E-state index is 13.2. The molecule has 2 aromatic rings. The summed E-state index contributed by atoms with van der Waals surface area (Å²) in [5, 5.41) is 4.07. The summed E-state index contributed by atoms with van der Waals surface area (Å²) in [6.45, 7) is 4.49. The summed E-state index contributed by atoms with van der Waals surface area (Å²) in [5.74, 6) is 1.69. The van der Waals surface area contributed by atoms with Crippen molar-refractivity contribution in [1.82, 2.24) is 9.46 Å². The molecule has 0 amide bonds. The molecule has 3 rings (SSSR count). The lowest BCUT2D eigenvalue weighted by Gasteiger charge is -2.22. The van der Waals surface area contributed by atoms with Crippen LogP contribution in [-0.4, -0.2) is 38.6 Å². The molecule has 1 aromatic heterocycles. The highest BCUT2D eigenvalue weighted by atomic mass is 32.2. The van der Waals surface area contributed by atoms with E-state index in [1.54, 1.807) is 6.07 Å². The number of benzene rings is 1. The number of sulfonamides is 1. The number of nitrogens with zero attached hydrogens (tertiary/aromatic N) is 2. The van der Waals surface area contributed by atoms with Crippen molar-refractivity contribution in [3.63, 3.8) is 0 Å². The third-order valence-corrected chi connectivity index (χ3v) is 6.54. The van der Waals surface area contributed by atoms with Gasteiger partial charge in [0.1, 0.15) is 0 Å². The third kappa shape index (κ3) is 3.31. The minimum atomic E-state index is -3.69. The lowest BCUT2D eigenvalue weighted by Crippen LogP contribution is -2.30. The summed E-state index contributed by atoms with van der Waals surface area (Å²) in [5.41, 5.74) is 0.829. The third-order valence-electron chi connectivity index (χ3n) is 4.63. The number of methoxy groups -OCH3 is 2. The van der Waals surface area contributed by atoms with E-state index < -0.39 is 10.0 Å². The minimum Gasteiger partial charge on any atom is -0.493 e. The van der Waals surface area contributed by atoms with E-state index in [1.807, 2.05) is 19.9 Å². The Kier molecular flexibility index (Phi) is 5.24. The van der Waals surface area contributed by atoms with Gasteiger partial charge in [0.2, 0.25) is 10.0 Å². The summed E-state index contributed by atoms with van der Waals surface area (Å²) in [6, 6.07) is 6.14. The average molecular weight is 380 g/mol. The largest absolute Gasteiger partial charge is 0.493 e. The van der Waals surface area contributed by atoms with Crippen LogP contribution in [0.1, 0.15) is 50.1 Å². The Morgan fingerprint density at radius 1 is 1.19 bits per heavy atom. The first kappa shape index (κ1) is 18.7. The molecule has 0 radical (unpaired) electrons. The molecule has 0 spiro atoms. The SMILES string of the molecule is COc1ccc(S(=O)(=O)N2CCC[C@@H]2c2cc(C(C)C)no2)cc1OC. The fourth-order valence-corrected chi connectivity index (χ4v) is 4.84. The van der Waals surface area contributed by atoms with Gasteiger partial charge in [-0.15, -0.1) is 0 Å². The predicted molar refractivity (Wildman–Crippen MR) is 96.0 cm³/mol. The molecular formula is C18H24N2O5S. The molecule has 142 valence electrons. The van der Waals surface area contributed by atoms with E-state index in [9.17, 15) is 8.42 Å². The van der Waals surface area contributed by atoms with E-state index in [0.717, 1.165) is 12.1 Å². The standard InChI is InChI=1S/C18H24N2O5S/c1-12(2)14-11-17(25-19-14)15-6-5-9-20(15)26(21,22)13-7-8-16(23-3)18(10-13)24-4/h7-8,10-12,15H,5-6,9H2,1-4H3/t15-/m1/s1. The van der Waals surface area contributed by atoms with Crippen molar-refractivity contribution in [3.05, 3.63) is 35.7 Å². The predicted octanol–water partition coefficient (Wildman–Crippen LogP) is 3.34. The van der Waals surface area contributed by atoms with Gasteiger partial charge in [-0.3, -0.25) is 0 Å². The molecule has 2 heterocycles. The van der Waals surface area contributed by atoms with Gasteiger partial charge in [-0.05, 0) is 30.9 Å². The van der Waals surface area contributed by atoms with Crippen LogP contribution in [0.4, 0.5) is 0 Å². The lowest BCUT2D eigenvalue weighted by atomic mass is 10.1.